The summed E-state index contributed by atoms with van der Waals surface area (Å²) in [5.41, 5.74) is 6.90. The number of nitrogens with two attached hydrogens (primary N) is 1. The van der Waals surface area contributed by atoms with Crippen molar-refractivity contribution in [3.8, 4) is 0 Å². The standard InChI is InChI=1S/C10H14BrN3O/c1-2-5-13-10(15)14-9-6-7(12)3-4-8(9)11/h3-4,6H,2,5,12H2,1H3,(H2,13,14,15). The van der Waals surface area contributed by atoms with Crippen molar-refractivity contribution in [1.82, 2.24) is 5.32 Å². The third-order valence-corrected chi connectivity index (χ3v) is 2.47. The number of hydrogen-bond donors (Lipinski definition) is 3. The smallest absolute Gasteiger partial charge is 0.319 e. The molecule has 2 amide bonds. The highest BCUT2D eigenvalue weighted by molar-refractivity contribution is 9.10. The molecule has 82 valence electrons. The van der Waals surface area contributed by atoms with E-state index in [0.717, 1.165) is 10.9 Å². The molecule has 0 aromatic heterocycles. The summed E-state index contributed by atoms with van der Waals surface area (Å²) in [6.45, 7) is 2.66. The summed E-state index contributed by atoms with van der Waals surface area (Å²) in [4.78, 5) is 11.4. The Labute approximate surface area is 97.4 Å². The van der Waals surface area contributed by atoms with Crippen molar-refractivity contribution in [2.24, 2.45) is 0 Å². The molecule has 0 radical (unpaired) electrons. The molecule has 5 heteroatoms. The second-order valence-corrected chi connectivity index (χ2v) is 3.97. The second kappa shape index (κ2) is 5.60. The minimum atomic E-state index is -0.219. The van der Waals surface area contributed by atoms with E-state index in [2.05, 4.69) is 26.6 Å². The molecule has 0 saturated carbocycles. The number of benzene rings is 1. The lowest BCUT2D eigenvalue weighted by Crippen LogP contribution is -2.29. The Morgan fingerprint density at radius 3 is 2.93 bits per heavy atom. The van der Waals surface area contributed by atoms with E-state index in [9.17, 15) is 4.79 Å². The summed E-state index contributed by atoms with van der Waals surface area (Å²) < 4.78 is 0.809. The number of carbonyl (C=O) groups excluding carboxylic acids is 1. The minimum absolute atomic E-state index is 0.219. The fourth-order valence-electron chi connectivity index (χ4n) is 1.04. The molecule has 0 unspecified atom stereocenters. The summed E-state index contributed by atoms with van der Waals surface area (Å²) >= 11 is 3.33. The Kier molecular flexibility index (Phi) is 4.42. The van der Waals surface area contributed by atoms with Crippen LogP contribution in [0.1, 0.15) is 13.3 Å². The van der Waals surface area contributed by atoms with Gasteiger partial charge in [-0.2, -0.15) is 0 Å². The van der Waals surface area contributed by atoms with Gasteiger partial charge in [-0.1, -0.05) is 6.92 Å². The molecular weight excluding hydrogens is 258 g/mol. The fraction of sp³-hybridized carbons (Fsp3) is 0.300. The zero-order valence-corrected chi connectivity index (χ0v) is 10.1. The van der Waals surface area contributed by atoms with Crippen LogP contribution < -0.4 is 16.4 Å². The zero-order valence-electron chi connectivity index (χ0n) is 8.51. The molecule has 0 fully saturated rings. The van der Waals surface area contributed by atoms with E-state index in [0.29, 0.717) is 17.9 Å². The lowest BCUT2D eigenvalue weighted by molar-refractivity contribution is 0.252. The number of amides is 2. The lowest BCUT2D eigenvalue weighted by atomic mass is 10.3. The number of rotatable bonds is 3. The van der Waals surface area contributed by atoms with Gasteiger partial charge in [0.25, 0.3) is 0 Å². The molecule has 0 atom stereocenters. The number of urea groups is 1. The number of hydrogen-bond acceptors (Lipinski definition) is 2. The molecule has 0 bridgehead atoms. The van der Waals surface area contributed by atoms with Crippen molar-refractivity contribution in [2.45, 2.75) is 13.3 Å². The normalized spacial score (nSPS) is 9.73. The van der Waals surface area contributed by atoms with Crippen molar-refractivity contribution in [2.75, 3.05) is 17.6 Å². The van der Waals surface area contributed by atoms with Crippen LogP contribution in [0.15, 0.2) is 22.7 Å². The molecule has 0 aliphatic heterocycles. The Hall–Kier alpha value is -1.23. The molecule has 15 heavy (non-hydrogen) atoms. The molecule has 0 aliphatic rings. The monoisotopic (exact) mass is 271 g/mol. The molecular formula is C10H14BrN3O. The van der Waals surface area contributed by atoms with Gasteiger partial charge in [0.2, 0.25) is 0 Å². The van der Waals surface area contributed by atoms with E-state index >= 15 is 0 Å². The van der Waals surface area contributed by atoms with E-state index in [-0.39, 0.29) is 6.03 Å². The molecule has 0 spiro atoms. The highest BCUT2D eigenvalue weighted by Gasteiger charge is 2.04. The van der Waals surface area contributed by atoms with Crippen LogP contribution in [0.3, 0.4) is 0 Å². The Bertz CT molecular complexity index is 355. The van der Waals surface area contributed by atoms with Gasteiger partial charge < -0.3 is 16.4 Å². The highest BCUT2D eigenvalue weighted by Crippen LogP contribution is 2.24. The van der Waals surface area contributed by atoms with Crippen molar-refractivity contribution in [1.29, 1.82) is 0 Å². The number of anilines is 2. The number of nitrogens with one attached hydrogen (secondary N) is 2. The van der Waals surface area contributed by atoms with E-state index in [1.165, 1.54) is 0 Å². The summed E-state index contributed by atoms with van der Waals surface area (Å²) in [6.07, 6.45) is 0.908. The molecule has 0 saturated heterocycles. The molecule has 0 aliphatic carbocycles. The van der Waals surface area contributed by atoms with Crippen molar-refractivity contribution in [3.63, 3.8) is 0 Å². The summed E-state index contributed by atoms with van der Waals surface area (Å²) in [6, 6.07) is 5.04. The number of carbonyl (C=O) groups is 1. The van der Waals surface area contributed by atoms with Crippen LogP contribution in [0.5, 0.6) is 0 Å². The maximum atomic E-state index is 11.4. The first kappa shape index (κ1) is 11.8. The quantitative estimate of drug-likeness (QED) is 0.740. The van der Waals surface area contributed by atoms with Crippen molar-refractivity contribution < 1.29 is 4.79 Å². The molecule has 1 rings (SSSR count). The van der Waals surface area contributed by atoms with E-state index in [4.69, 9.17) is 5.73 Å². The lowest BCUT2D eigenvalue weighted by Gasteiger charge is -2.08. The zero-order chi connectivity index (χ0) is 11.3. The van der Waals surface area contributed by atoms with Crippen molar-refractivity contribution in [3.05, 3.63) is 22.7 Å². The van der Waals surface area contributed by atoms with Gasteiger partial charge in [0.1, 0.15) is 0 Å². The van der Waals surface area contributed by atoms with Crippen LogP contribution in [-0.2, 0) is 0 Å². The van der Waals surface area contributed by atoms with Gasteiger partial charge in [-0.05, 0) is 40.5 Å². The van der Waals surface area contributed by atoms with Crippen LogP contribution in [0.25, 0.3) is 0 Å². The van der Waals surface area contributed by atoms with Gasteiger partial charge in [0.05, 0.1) is 5.69 Å². The summed E-state index contributed by atoms with van der Waals surface area (Å²) in [7, 11) is 0. The average molecular weight is 272 g/mol. The van der Waals surface area contributed by atoms with Gasteiger partial charge in [-0.15, -0.1) is 0 Å². The van der Waals surface area contributed by atoms with Crippen LogP contribution >= 0.6 is 15.9 Å². The van der Waals surface area contributed by atoms with Gasteiger partial charge in [-0.3, -0.25) is 0 Å². The number of nitrogen functional groups attached to an aromatic ring is 1. The summed E-state index contributed by atoms with van der Waals surface area (Å²) in [5, 5.41) is 5.42. The first-order valence-electron chi connectivity index (χ1n) is 4.73. The molecule has 1 aromatic rings. The largest absolute Gasteiger partial charge is 0.399 e. The predicted molar refractivity (Wildman–Crippen MR) is 65.9 cm³/mol. The first-order chi connectivity index (χ1) is 7.13. The third-order valence-electron chi connectivity index (χ3n) is 1.77. The summed E-state index contributed by atoms with van der Waals surface area (Å²) in [5.74, 6) is 0. The number of halogens is 1. The van der Waals surface area contributed by atoms with Gasteiger partial charge in [0.15, 0.2) is 0 Å². The van der Waals surface area contributed by atoms with Crippen molar-refractivity contribution >= 4 is 33.3 Å². The molecule has 0 heterocycles. The van der Waals surface area contributed by atoms with Crippen LogP contribution in [0, 0.1) is 0 Å². The maximum absolute atomic E-state index is 11.4. The SMILES string of the molecule is CCCNC(=O)Nc1cc(N)ccc1Br. The van der Waals surface area contributed by atoms with Gasteiger partial charge in [-0.25, -0.2) is 4.79 Å². The van der Waals surface area contributed by atoms with Crippen LogP contribution in [0.4, 0.5) is 16.2 Å². The Morgan fingerprint density at radius 2 is 2.27 bits per heavy atom. The minimum Gasteiger partial charge on any atom is -0.399 e. The maximum Gasteiger partial charge on any atom is 0.319 e. The van der Waals surface area contributed by atoms with Gasteiger partial charge >= 0.3 is 6.03 Å². The topological polar surface area (TPSA) is 67.2 Å². The molecule has 4 N–H and O–H groups in total. The Balaban J connectivity index is 2.63. The Morgan fingerprint density at radius 1 is 1.53 bits per heavy atom. The van der Waals surface area contributed by atoms with E-state index < -0.39 is 0 Å². The highest BCUT2D eigenvalue weighted by atomic mass is 79.9. The predicted octanol–water partition coefficient (Wildman–Crippen LogP) is 2.56. The van der Waals surface area contributed by atoms with Gasteiger partial charge in [0, 0.05) is 16.7 Å². The molecule has 1 aromatic carbocycles. The first-order valence-corrected chi connectivity index (χ1v) is 5.52. The van der Waals surface area contributed by atoms with E-state index in [1.807, 2.05) is 6.92 Å². The van der Waals surface area contributed by atoms with Crippen LogP contribution in [-0.4, -0.2) is 12.6 Å². The molecule has 4 nitrogen and oxygen atoms in total. The second-order valence-electron chi connectivity index (χ2n) is 3.12. The third kappa shape index (κ3) is 3.79. The van der Waals surface area contributed by atoms with Crippen LogP contribution in [0.2, 0.25) is 0 Å². The fourth-order valence-corrected chi connectivity index (χ4v) is 1.39. The van der Waals surface area contributed by atoms with E-state index in [1.54, 1.807) is 18.2 Å². The average Bonchev–Trinajstić information content (AvgIpc) is 2.20.